The Morgan fingerprint density at radius 3 is 2.33 bits per heavy atom. The third-order valence-corrected chi connectivity index (χ3v) is 2.57. The van der Waals surface area contributed by atoms with Crippen molar-refractivity contribution in [1.29, 1.82) is 0 Å². The molecular formula is C14H18O4. The molecule has 0 unspecified atom stereocenters. The molecule has 0 aliphatic heterocycles. The standard InChI is InChI=1S/C14H18O4/c1-2-3-4-5-6-13(15)18-12-9-7-11(8-10-12)14(16)17/h7-10H,2-6H2,1H3,(H,16,17). The van der Waals surface area contributed by atoms with Gasteiger partial charge in [0.25, 0.3) is 0 Å². The second-order valence-electron chi connectivity index (χ2n) is 4.11. The van der Waals surface area contributed by atoms with E-state index in [1.807, 2.05) is 0 Å². The summed E-state index contributed by atoms with van der Waals surface area (Å²) in [4.78, 5) is 22.1. The molecule has 98 valence electrons. The van der Waals surface area contributed by atoms with Crippen molar-refractivity contribution in [2.24, 2.45) is 0 Å². The molecule has 0 saturated heterocycles. The summed E-state index contributed by atoms with van der Waals surface area (Å²) in [6.07, 6.45) is 4.52. The second kappa shape index (κ2) is 7.48. The maximum atomic E-state index is 11.5. The van der Waals surface area contributed by atoms with Crippen molar-refractivity contribution in [1.82, 2.24) is 0 Å². The first-order valence-electron chi connectivity index (χ1n) is 6.17. The monoisotopic (exact) mass is 250 g/mol. The number of esters is 1. The molecule has 0 radical (unpaired) electrons. The molecule has 0 aliphatic carbocycles. The highest BCUT2D eigenvalue weighted by atomic mass is 16.5. The zero-order valence-electron chi connectivity index (χ0n) is 10.5. The lowest BCUT2D eigenvalue weighted by molar-refractivity contribution is -0.134. The van der Waals surface area contributed by atoms with Crippen molar-refractivity contribution >= 4 is 11.9 Å². The molecule has 0 heterocycles. The number of aromatic carboxylic acids is 1. The molecule has 4 heteroatoms. The zero-order chi connectivity index (χ0) is 13.4. The molecular weight excluding hydrogens is 232 g/mol. The minimum Gasteiger partial charge on any atom is -0.478 e. The Morgan fingerprint density at radius 1 is 1.11 bits per heavy atom. The van der Waals surface area contributed by atoms with Gasteiger partial charge in [-0.15, -0.1) is 0 Å². The third-order valence-electron chi connectivity index (χ3n) is 2.57. The highest BCUT2D eigenvalue weighted by Gasteiger charge is 2.06. The van der Waals surface area contributed by atoms with E-state index in [0.29, 0.717) is 12.2 Å². The smallest absolute Gasteiger partial charge is 0.335 e. The van der Waals surface area contributed by atoms with E-state index in [1.165, 1.54) is 24.3 Å². The number of rotatable bonds is 7. The Hall–Kier alpha value is -1.84. The van der Waals surface area contributed by atoms with Crippen LogP contribution in [0.3, 0.4) is 0 Å². The van der Waals surface area contributed by atoms with Crippen molar-refractivity contribution in [2.45, 2.75) is 39.0 Å². The number of unbranched alkanes of at least 4 members (excludes halogenated alkanes) is 3. The van der Waals surface area contributed by atoms with Crippen LogP contribution in [-0.4, -0.2) is 17.0 Å². The molecule has 0 aromatic heterocycles. The van der Waals surface area contributed by atoms with Gasteiger partial charge in [-0.05, 0) is 30.7 Å². The molecule has 0 fully saturated rings. The van der Waals surface area contributed by atoms with Crippen LogP contribution in [0.5, 0.6) is 5.75 Å². The number of carboxylic acid groups (broad SMARTS) is 1. The molecule has 0 bridgehead atoms. The quantitative estimate of drug-likeness (QED) is 0.458. The van der Waals surface area contributed by atoms with Crippen molar-refractivity contribution < 1.29 is 19.4 Å². The van der Waals surface area contributed by atoms with E-state index in [4.69, 9.17) is 9.84 Å². The first-order chi connectivity index (χ1) is 8.63. The summed E-state index contributed by atoms with van der Waals surface area (Å²) in [5.74, 6) is -0.873. The Morgan fingerprint density at radius 2 is 1.78 bits per heavy atom. The molecule has 0 atom stereocenters. The van der Waals surface area contributed by atoms with E-state index in [9.17, 15) is 9.59 Å². The van der Waals surface area contributed by atoms with Crippen LogP contribution in [-0.2, 0) is 4.79 Å². The van der Waals surface area contributed by atoms with Crippen LogP contribution in [0.25, 0.3) is 0 Å². The molecule has 1 N–H and O–H groups in total. The average Bonchev–Trinajstić information content (AvgIpc) is 2.35. The fraction of sp³-hybridized carbons (Fsp3) is 0.429. The van der Waals surface area contributed by atoms with Crippen molar-refractivity contribution in [3.8, 4) is 5.75 Å². The first kappa shape index (κ1) is 14.2. The summed E-state index contributed by atoms with van der Waals surface area (Å²) in [6.45, 7) is 2.11. The topological polar surface area (TPSA) is 63.6 Å². The molecule has 0 spiro atoms. The van der Waals surface area contributed by atoms with Crippen LogP contribution in [0.1, 0.15) is 49.4 Å². The predicted molar refractivity (Wildman–Crippen MR) is 67.8 cm³/mol. The maximum absolute atomic E-state index is 11.5. The van der Waals surface area contributed by atoms with Gasteiger partial charge < -0.3 is 9.84 Å². The lowest BCUT2D eigenvalue weighted by atomic mass is 10.1. The van der Waals surface area contributed by atoms with Crippen LogP contribution in [0.4, 0.5) is 0 Å². The van der Waals surface area contributed by atoms with Gasteiger partial charge >= 0.3 is 11.9 Å². The lowest BCUT2D eigenvalue weighted by Crippen LogP contribution is -2.07. The molecule has 1 aromatic rings. The van der Waals surface area contributed by atoms with Crippen LogP contribution < -0.4 is 4.74 Å². The van der Waals surface area contributed by atoms with Gasteiger partial charge in [0.15, 0.2) is 0 Å². The minimum absolute atomic E-state index is 0.178. The molecule has 0 saturated carbocycles. The number of carboxylic acids is 1. The summed E-state index contributed by atoms with van der Waals surface area (Å²) in [7, 11) is 0. The van der Waals surface area contributed by atoms with Crippen molar-refractivity contribution in [3.05, 3.63) is 29.8 Å². The predicted octanol–water partition coefficient (Wildman–Crippen LogP) is 3.26. The number of hydrogen-bond donors (Lipinski definition) is 1. The normalized spacial score (nSPS) is 10.1. The van der Waals surface area contributed by atoms with Gasteiger partial charge in [0.05, 0.1) is 5.56 Å². The van der Waals surface area contributed by atoms with Gasteiger partial charge in [-0.3, -0.25) is 4.79 Å². The Labute approximate surface area is 107 Å². The number of hydrogen-bond acceptors (Lipinski definition) is 3. The van der Waals surface area contributed by atoms with Gasteiger partial charge in [-0.25, -0.2) is 4.79 Å². The zero-order valence-corrected chi connectivity index (χ0v) is 10.5. The van der Waals surface area contributed by atoms with Crippen molar-refractivity contribution in [2.75, 3.05) is 0 Å². The van der Waals surface area contributed by atoms with Crippen LogP contribution in [0, 0.1) is 0 Å². The summed E-state index contributed by atoms with van der Waals surface area (Å²) in [5.41, 5.74) is 0.178. The minimum atomic E-state index is -0.993. The highest BCUT2D eigenvalue weighted by molar-refractivity contribution is 5.87. The molecule has 0 aliphatic rings. The summed E-state index contributed by atoms with van der Waals surface area (Å²) in [5, 5.41) is 8.72. The van der Waals surface area contributed by atoms with Crippen molar-refractivity contribution in [3.63, 3.8) is 0 Å². The number of benzene rings is 1. The molecule has 1 rings (SSSR count). The lowest BCUT2D eigenvalue weighted by Gasteiger charge is -2.04. The van der Waals surface area contributed by atoms with Crippen LogP contribution in [0.2, 0.25) is 0 Å². The molecule has 18 heavy (non-hydrogen) atoms. The van der Waals surface area contributed by atoms with E-state index in [2.05, 4.69) is 6.92 Å². The Balaban J connectivity index is 2.37. The van der Waals surface area contributed by atoms with Crippen LogP contribution in [0.15, 0.2) is 24.3 Å². The fourth-order valence-corrected chi connectivity index (χ4v) is 1.54. The SMILES string of the molecule is CCCCCCC(=O)Oc1ccc(C(=O)O)cc1. The van der Waals surface area contributed by atoms with Gasteiger partial charge in [-0.2, -0.15) is 0 Å². The van der Waals surface area contributed by atoms with Gasteiger partial charge in [0, 0.05) is 6.42 Å². The highest BCUT2D eigenvalue weighted by Crippen LogP contribution is 2.13. The van der Waals surface area contributed by atoms with E-state index >= 15 is 0 Å². The second-order valence-corrected chi connectivity index (χ2v) is 4.11. The summed E-state index contributed by atoms with van der Waals surface area (Å²) in [6, 6.07) is 5.82. The third kappa shape index (κ3) is 4.99. The fourth-order valence-electron chi connectivity index (χ4n) is 1.54. The van der Waals surface area contributed by atoms with Gasteiger partial charge in [0.2, 0.25) is 0 Å². The maximum Gasteiger partial charge on any atom is 0.335 e. The summed E-state index contributed by atoms with van der Waals surface area (Å²) < 4.78 is 5.10. The van der Waals surface area contributed by atoms with E-state index in [1.54, 1.807) is 0 Å². The number of carbonyl (C=O) groups excluding carboxylic acids is 1. The molecule has 0 amide bonds. The van der Waals surface area contributed by atoms with Gasteiger partial charge in [0.1, 0.15) is 5.75 Å². The number of ether oxygens (including phenoxy) is 1. The summed E-state index contributed by atoms with van der Waals surface area (Å²) >= 11 is 0. The first-order valence-corrected chi connectivity index (χ1v) is 6.17. The molecule has 4 nitrogen and oxygen atoms in total. The average molecular weight is 250 g/mol. The number of carbonyl (C=O) groups is 2. The van der Waals surface area contributed by atoms with Crippen LogP contribution >= 0.6 is 0 Å². The molecule has 1 aromatic carbocycles. The van der Waals surface area contributed by atoms with Gasteiger partial charge in [-0.1, -0.05) is 26.2 Å². The van der Waals surface area contributed by atoms with E-state index in [0.717, 1.165) is 25.7 Å². The Bertz CT molecular complexity index is 395. The van der Waals surface area contributed by atoms with E-state index in [-0.39, 0.29) is 11.5 Å². The Kier molecular flexibility index (Phi) is 5.91. The largest absolute Gasteiger partial charge is 0.478 e. The van der Waals surface area contributed by atoms with E-state index < -0.39 is 5.97 Å².